The van der Waals surface area contributed by atoms with Gasteiger partial charge < -0.3 is 10.2 Å². The summed E-state index contributed by atoms with van der Waals surface area (Å²) in [7, 11) is 0. The fraction of sp³-hybridized carbons (Fsp3) is 1.00. The predicted octanol–water partition coefficient (Wildman–Crippen LogP) is 2.05. The molecular weight excluding hydrogens is 200 g/mol. The van der Waals surface area contributed by atoms with Crippen molar-refractivity contribution in [2.24, 2.45) is 35.5 Å². The largest absolute Gasteiger partial charge is 0.393 e. The summed E-state index contributed by atoms with van der Waals surface area (Å²) in [5.41, 5.74) is 0. The Balaban J connectivity index is 1.74. The lowest BCUT2D eigenvalue weighted by molar-refractivity contribution is 0.0565. The molecule has 2 heteroatoms. The normalized spacial score (nSPS) is 54.0. The van der Waals surface area contributed by atoms with Crippen LogP contribution in [0, 0.1) is 35.5 Å². The van der Waals surface area contributed by atoms with E-state index >= 15 is 0 Å². The first-order chi connectivity index (χ1) is 7.58. The Kier molecular flexibility index (Phi) is 2.56. The highest BCUT2D eigenvalue weighted by Gasteiger charge is 2.56. The van der Waals surface area contributed by atoms with Gasteiger partial charge in [-0.1, -0.05) is 0 Å². The molecule has 0 amide bonds. The average Bonchev–Trinajstić information content (AvgIpc) is 2.87. The van der Waals surface area contributed by atoms with Gasteiger partial charge in [-0.05, 0) is 75.0 Å². The zero-order valence-electron chi connectivity index (χ0n) is 10.3. The Hall–Kier alpha value is -0.0800. The van der Waals surface area contributed by atoms with Gasteiger partial charge in [0, 0.05) is 0 Å². The second-order valence-electron chi connectivity index (χ2n) is 6.60. The molecule has 2 bridgehead atoms. The molecule has 3 saturated carbocycles. The summed E-state index contributed by atoms with van der Waals surface area (Å²) in [6.07, 6.45) is 4.81. The Bertz CT molecular complexity index is 274. The van der Waals surface area contributed by atoms with E-state index in [2.05, 4.69) is 0 Å². The predicted molar refractivity (Wildman–Crippen MR) is 62.8 cm³/mol. The van der Waals surface area contributed by atoms with Crippen LogP contribution in [0.25, 0.3) is 0 Å². The molecule has 0 aromatic carbocycles. The SMILES string of the molecule is CC(O)C1CC2C3CC(C(C)O)C(C3)C2C1. The molecule has 0 aliphatic heterocycles. The first kappa shape index (κ1) is 11.0. The maximum absolute atomic E-state index is 9.82. The molecule has 3 fully saturated rings. The van der Waals surface area contributed by atoms with E-state index in [9.17, 15) is 10.2 Å². The standard InChI is InChI=1S/C14H24O2/c1-7(15)9-3-12-10-5-11(8(2)16)13(6-10)14(12)4-9/h7-16H,3-6H2,1-2H3. The molecule has 0 aromatic rings. The summed E-state index contributed by atoms with van der Waals surface area (Å²) >= 11 is 0. The highest BCUT2D eigenvalue weighted by Crippen LogP contribution is 2.63. The van der Waals surface area contributed by atoms with Crippen molar-refractivity contribution < 1.29 is 10.2 Å². The van der Waals surface area contributed by atoms with E-state index in [1.54, 1.807) is 0 Å². The van der Waals surface area contributed by atoms with E-state index in [0.717, 1.165) is 23.7 Å². The fourth-order valence-corrected chi connectivity index (χ4v) is 5.11. The minimum Gasteiger partial charge on any atom is -0.393 e. The summed E-state index contributed by atoms with van der Waals surface area (Å²) in [4.78, 5) is 0. The topological polar surface area (TPSA) is 40.5 Å². The van der Waals surface area contributed by atoms with Crippen LogP contribution in [0.2, 0.25) is 0 Å². The number of hydrogen-bond acceptors (Lipinski definition) is 2. The molecule has 0 radical (unpaired) electrons. The molecule has 0 saturated heterocycles. The van der Waals surface area contributed by atoms with Gasteiger partial charge >= 0.3 is 0 Å². The van der Waals surface area contributed by atoms with E-state index in [1.807, 2.05) is 13.8 Å². The van der Waals surface area contributed by atoms with Gasteiger partial charge in [-0.25, -0.2) is 0 Å². The Morgan fingerprint density at radius 1 is 0.812 bits per heavy atom. The summed E-state index contributed by atoms with van der Waals surface area (Å²) in [6, 6.07) is 0. The lowest BCUT2D eigenvalue weighted by Gasteiger charge is -2.33. The maximum atomic E-state index is 9.82. The van der Waals surface area contributed by atoms with Gasteiger partial charge in [0.15, 0.2) is 0 Å². The van der Waals surface area contributed by atoms with E-state index in [-0.39, 0.29) is 12.2 Å². The van der Waals surface area contributed by atoms with E-state index < -0.39 is 0 Å². The van der Waals surface area contributed by atoms with E-state index in [4.69, 9.17) is 0 Å². The minimum atomic E-state index is -0.130. The smallest absolute Gasteiger partial charge is 0.0543 e. The zero-order chi connectivity index (χ0) is 11.4. The van der Waals surface area contributed by atoms with Crippen molar-refractivity contribution in [3.63, 3.8) is 0 Å². The Labute approximate surface area is 98.1 Å². The van der Waals surface area contributed by atoms with Crippen LogP contribution in [0.5, 0.6) is 0 Å². The maximum Gasteiger partial charge on any atom is 0.0543 e. The quantitative estimate of drug-likeness (QED) is 0.753. The molecular formula is C14H24O2. The van der Waals surface area contributed by atoms with Gasteiger partial charge in [-0.2, -0.15) is 0 Å². The highest BCUT2D eigenvalue weighted by molar-refractivity contribution is 5.06. The summed E-state index contributed by atoms with van der Waals surface area (Å²) in [5, 5.41) is 19.5. The molecule has 2 nitrogen and oxygen atoms in total. The molecule has 8 unspecified atom stereocenters. The lowest BCUT2D eigenvalue weighted by atomic mass is 9.74. The summed E-state index contributed by atoms with van der Waals surface area (Å²) in [6.45, 7) is 3.90. The number of fused-ring (bicyclic) bond motifs is 5. The summed E-state index contributed by atoms with van der Waals surface area (Å²) in [5.74, 6) is 4.40. The lowest BCUT2D eigenvalue weighted by Crippen LogP contribution is -2.30. The van der Waals surface area contributed by atoms with Gasteiger partial charge in [0.1, 0.15) is 0 Å². The third kappa shape index (κ3) is 1.46. The molecule has 0 heterocycles. The fourth-order valence-electron chi connectivity index (χ4n) is 5.11. The molecule has 3 aliphatic rings. The van der Waals surface area contributed by atoms with Gasteiger partial charge in [-0.15, -0.1) is 0 Å². The number of rotatable bonds is 2. The van der Waals surface area contributed by atoms with Crippen molar-refractivity contribution in [3.05, 3.63) is 0 Å². The van der Waals surface area contributed by atoms with Crippen molar-refractivity contribution in [1.29, 1.82) is 0 Å². The van der Waals surface area contributed by atoms with E-state index in [0.29, 0.717) is 11.8 Å². The van der Waals surface area contributed by atoms with Crippen LogP contribution in [0.4, 0.5) is 0 Å². The van der Waals surface area contributed by atoms with Crippen molar-refractivity contribution in [1.82, 2.24) is 0 Å². The summed E-state index contributed by atoms with van der Waals surface area (Å²) < 4.78 is 0. The first-order valence-corrected chi connectivity index (χ1v) is 6.94. The van der Waals surface area contributed by atoms with Crippen LogP contribution >= 0.6 is 0 Å². The number of aliphatic hydroxyl groups is 2. The molecule has 0 spiro atoms. The Morgan fingerprint density at radius 3 is 2.12 bits per heavy atom. The zero-order valence-corrected chi connectivity index (χ0v) is 10.3. The van der Waals surface area contributed by atoms with Crippen LogP contribution in [-0.2, 0) is 0 Å². The third-order valence-corrected chi connectivity index (χ3v) is 5.86. The van der Waals surface area contributed by atoms with Crippen LogP contribution in [0.15, 0.2) is 0 Å². The number of hydrogen-bond donors (Lipinski definition) is 2. The molecule has 92 valence electrons. The van der Waals surface area contributed by atoms with Crippen LogP contribution < -0.4 is 0 Å². The van der Waals surface area contributed by atoms with Crippen molar-refractivity contribution in [2.45, 2.75) is 51.7 Å². The molecule has 3 rings (SSSR count). The van der Waals surface area contributed by atoms with Crippen LogP contribution in [-0.4, -0.2) is 22.4 Å². The van der Waals surface area contributed by atoms with Crippen LogP contribution in [0.1, 0.15) is 39.5 Å². The average molecular weight is 224 g/mol. The van der Waals surface area contributed by atoms with Gasteiger partial charge in [0.2, 0.25) is 0 Å². The molecule has 3 aliphatic carbocycles. The van der Waals surface area contributed by atoms with E-state index in [1.165, 1.54) is 25.7 Å². The second-order valence-corrected chi connectivity index (χ2v) is 6.60. The minimum absolute atomic E-state index is 0.124. The van der Waals surface area contributed by atoms with Gasteiger partial charge in [-0.3, -0.25) is 0 Å². The van der Waals surface area contributed by atoms with Crippen molar-refractivity contribution in [2.75, 3.05) is 0 Å². The van der Waals surface area contributed by atoms with Gasteiger partial charge in [0.05, 0.1) is 12.2 Å². The highest BCUT2D eigenvalue weighted by atomic mass is 16.3. The molecule has 2 N–H and O–H groups in total. The first-order valence-electron chi connectivity index (χ1n) is 6.94. The molecule has 16 heavy (non-hydrogen) atoms. The third-order valence-electron chi connectivity index (χ3n) is 5.86. The van der Waals surface area contributed by atoms with Crippen molar-refractivity contribution >= 4 is 0 Å². The van der Waals surface area contributed by atoms with Crippen LogP contribution in [0.3, 0.4) is 0 Å². The molecule has 8 atom stereocenters. The van der Waals surface area contributed by atoms with Crippen molar-refractivity contribution in [3.8, 4) is 0 Å². The second kappa shape index (κ2) is 3.71. The molecule has 0 aromatic heterocycles. The Morgan fingerprint density at radius 2 is 1.50 bits per heavy atom. The number of aliphatic hydroxyl groups excluding tert-OH is 2. The van der Waals surface area contributed by atoms with Gasteiger partial charge in [0.25, 0.3) is 0 Å². The monoisotopic (exact) mass is 224 g/mol.